The molecule has 1 saturated heterocycles. The van der Waals surface area contributed by atoms with Crippen LogP contribution >= 0.6 is 11.3 Å². The molecule has 1 aromatic heterocycles. The molecule has 0 aliphatic carbocycles. The van der Waals surface area contributed by atoms with Crippen LogP contribution in [0.5, 0.6) is 0 Å². The Balaban J connectivity index is 2.18. The first kappa shape index (κ1) is 15.4. The standard InChI is InChI=1S/C12H17NO5S2/c14-7-5-9-2-1-6-13(8-9)20(17,18)11-4-3-10(19-11)12(15)16/h3-4,9,14H,1-2,5-8H2,(H,15,16). The van der Waals surface area contributed by atoms with Crippen molar-refractivity contribution in [3.63, 3.8) is 0 Å². The van der Waals surface area contributed by atoms with Gasteiger partial charge >= 0.3 is 5.97 Å². The van der Waals surface area contributed by atoms with Gasteiger partial charge in [-0.2, -0.15) is 4.31 Å². The monoisotopic (exact) mass is 319 g/mol. The van der Waals surface area contributed by atoms with E-state index in [0.717, 1.165) is 24.2 Å². The first-order valence-electron chi connectivity index (χ1n) is 6.39. The predicted octanol–water partition coefficient (Wildman–Crippen LogP) is 1.23. The van der Waals surface area contributed by atoms with Crippen molar-refractivity contribution in [2.24, 2.45) is 5.92 Å². The van der Waals surface area contributed by atoms with E-state index in [-0.39, 0.29) is 21.6 Å². The van der Waals surface area contributed by atoms with Crippen molar-refractivity contribution in [2.45, 2.75) is 23.5 Å². The van der Waals surface area contributed by atoms with Gasteiger partial charge in [0.25, 0.3) is 10.0 Å². The molecular formula is C12H17NO5S2. The molecular weight excluding hydrogens is 302 g/mol. The van der Waals surface area contributed by atoms with Gasteiger partial charge in [0.15, 0.2) is 0 Å². The molecule has 0 saturated carbocycles. The van der Waals surface area contributed by atoms with Crippen molar-refractivity contribution in [3.8, 4) is 0 Å². The lowest BCUT2D eigenvalue weighted by Gasteiger charge is -2.31. The molecule has 2 N–H and O–H groups in total. The normalized spacial score (nSPS) is 20.9. The summed E-state index contributed by atoms with van der Waals surface area (Å²) in [5.74, 6) is -0.948. The largest absolute Gasteiger partial charge is 0.477 e. The minimum Gasteiger partial charge on any atom is -0.477 e. The maximum Gasteiger partial charge on any atom is 0.345 e. The summed E-state index contributed by atoms with van der Waals surface area (Å²) in [6, 6.07) is 2.66. The van der Waals surface area contributed by atoms with Gasteiger partial charge in [-0.25, -0.2) is 13.2 Å². The zero-order chi connectivity index (χ0) is 14.8. The number of rotatable bonds is 5. The van der Waals surface area contributed by atoms with Gasteiger partial charge in [-0.3, -0.25) is 0 Å². The van der Waals surface area contributed by atoms with Crippen LogP contribution < -0.4 is 0 Å². The number of thiophene rings is 1. The van der Waals surface area contributed by atoms with Gasteiger partial charge < -0.3 is 10.2 Å². The Bertz CT molecular complexity index is 578. The van der Waals surface area contributed by atoms with Crippen LogP contribution in [0.25, 0.3) is 0 Å². The number of carboxylic acids is 1. The molecule has 0 radical (unpaired) electrons. The average Bonchev–Trinajstić information content (AvgIpc) is 2.90. The lowest BCUT2D eigenvalue weighted by Crippen LogP contribution is -2.39. The summed E-state index contributed by atoms with van der Waals surface area (Å²) < 4.78 is 26.4. The summed E-state index contributed by atoms with van der Waals surface area (Å²) in [7, 11) is -3.62. The van der Waals surface area contributed by atoms with Crippen molar-refractivity contribution >= 4 is 27.3 Å². The number of aromatic carboxylic acids is 1. The zero-order valence-corrected chi connectivity index (χ0v) is 12.5. The Labute approximate surface area is 121 Å². The second-order valence-corrected chi connectivity index (χ2v) is 8.06. The third-order valence-electron chi connectivity index (χ3n) is 3.41. The van der Waals surface area contributed by atoms with E-state index in [1.54, 1.807) is 0 Å². The van der Waals surface area contributed by atoms with Gasteiger partial charge in [-0.1, -0.05) is 0 Å². The van der Waals surface area contributed by atoms with Crippen LogP contribution in [-0.2, 0) is 10.0 Å². The molecule has 8 heteroatoms. The topological polar surface area (TPSA) is 94.9 Å². The first-order valence-corrected chi connectivity index (χ1v) is 8.65. The van der Waals surface area contributed by atoms with Gasteiger partial charge in [0, 0.05) is 19.7 Å². The maximum absolute atomic E-state index is 12.5. The van der Waals surface area contributed by atoms with E-state index in [0.29, 0.717) is 19.5 Å². The third-order valence-corrected chi connectivity index (χ3v) is 6.81. The number of carboxylic acid groups (broad SMARTS) is 1. The van der Waals surface area contributed by atoms with Crippen LogP contribution in [0.3, 0.4) is 0 Å². The number of piperidine rings is 1. The van der Waals surface area contributed by atoms with Crippen molar-refractivity contribution in [2.75, 3.05) is 19.7 Å². The van der Waals surface area contributed by atoms with E-state index < -0.39 is 16.0 Å². The van der Waals surface area contributed by atoms with E-state index in [1.165, 1.54) is 16.4 Å². The Morgan fingerprint density at radius 1 is 1.45 bits per heavy atom. The van der Waals surface area contributed by atoms with Crippen molar-refractivity contribution in [1.82, 2.24) is 4.31 Å². The fourth-order valence-corrected chi connectivity index (χ4v) is 5.22. The number of hydrogen-bond acceptors (Lipinski definition) is 5. The molecule has 1 aliphatic heterocycles. The minimum atomic E-state index is -3.62. The SMILES string of the molecule is O=C(O)c1ccc(S(=O)(=O)N2CCCC(CCO)C2)s1. The highest BCUT2D eigenvalue weighted by Crippen LogP contribution is 2.29. The summed E-state index contributed by atoms with van der Waals surface area (Å²) in [5, 5.41) is 17.8. The second kappa shape index (κ2) is 6.21. The highest BCUT2D eigenvalue weighted by Gasteiger charge is 2.31. The lowest BCUT2D eigenvalue weighted by atomic mass is 9.97. The predicted molar refractivity (Wildman–Crippen MR) is 74.5 cm³/mol. The Kier molecular flexibility index (Phi) is 4.79. The fourth-order valence-electron chi connectivity index (χ4n) is 2.36. The molecule has 0 bridgehead atoms. The van der Waals surface area contributed by atoms with E-state index >= 15 is 0 Å². The van der Waals surface area contributed by atoms with Crippen LogP contribution in [0.2, 0.25) is 0 Å². The van der Waals surface area contributed by atoms with Crippen molar-refractivity contribution in [1.29, 1.82) is 0 Å². The number of hydrogen-bond donors (Lipinski definition) is 2. The Morgan fingerprint density at radius 3 is 2.80 bits per heavy atom. The molecule has 6 nitrogen and oxygen atoms in total. The van der Waals surface area contributed by atoms with Crippen LogP contribution in [0.1, 0.15) is 28.9 Å². The molecule has 1 aliphatic rings. The zero-order valence-electron chi connectivity index (χ0n) is 10.9. The van der Waals surface area contributed by atoms with Gasteiger partial charge in [0.2, 0.25) is 0 Å². The molecule has 1 unspecified atom stereocenters. The molecule has 0 spiro atoms. The van der Waals surface area contributed by atoms with E-state index in [1.807, 2.05) is 0 Å². The summed E-state index contributed by atoms with van der Waals surface area (Å²) >= 11 is 0.778. The smallest absolute Gasteiger partial charge is 0.345 e. The molecule has 0 amide bonds. The third kappa shape index (κ3) is 3.20. The average molecular weight is 319 g/mol. The Hall–Kier alpha value is -0.960. The summed E-state index contributed by atoms with van der Waals surface area (Å²) in [5.41, 5.74) is 0. The molecule has 2 rings (SSSR count). The number of aliphatic hydroxyl groups excluding tert-OH is 1. The fraction of sp³-hybridized carbons (Fsp3) is 0.583. The quantitative estimate of drug-likeness (QED) is 0.851. The van der Waals surface area contributed by atoms with E-state index in [2.05, 4.69) is 0 Å². The molecule has 1 atom stereocenters. The minimum absolute atomic E-state index is 0.0208. The van der Waals surface area contributed by atoms with Gasteiger partial charge in [0.1, 0.15) is 9.09 Å². The Morgan fingerprint density at radius 2 is 2.20 bits per heavy atom. The molecule has 2 heterocycles. The molecule has 20 heavy (non-hydrogen) atoms. The van der Waals surface area contributed by atoms with Crippen LogP contribution in [-0.4, -0.2) is 48.6 Å². The molecule has 1 fully saturated rings. The number of carbonyl (C=O) groups is 1. The summed E-state index contributed by atoms with van der Waals surface area (Å²) in [6.07, 6.45) is 2.27. The highest BCUT2D eigenvalue weighted by molar-refractivity contribution is 7.91. The number of aliphatic hydroxyl groups is 1. The molecule has 1 aromatic rings. The molecule has 0 aromatic carbocycles. The number of sulfonamides is 1. The summed E-state index contributed by atoms with van der Waals surface area (Å²) in [6.45, 7) is 0.897. The van der Waals surface area contributed by atoms with Crippen LogP contribution in [0.15, 0.2) is 16.3 Å². The van der Waals surface area contributed by atoms with Crippen LogP contribution in [0, 0.1) is 5.92 Å². The van der Waals surface area contributed by atoms with Gasteiger partial charge in [-0.05, 0) is 37.3 Å². The van der Waals surface area contributed by atoms with Gasteiger partial charge in [0.05, 0.1) is 0 Å². The first-order chi connectivity index (χ1) is 9.45. The van der Waals surface area contributed by atoms with Crippen molar-refractivity contribution in [3.05, 3.63) is 17.0 Å². The van der Waals surface area contributed by atoms with E-state index in [9.17, 15) is 13.2 Å². The number of nitrogens with zero attached hydrogens (tertiary/aromatic N) is 1. The molecule has 112 valence electrons. The van der Waals surface area contributed by atoms with Gasteiger partial charge in [-0.15, -0.1) is 11.3 Å². The lowest BCUT2D eigenvalue weighted by molar-refractivity contribution is 0.0702. The maximum atomic E-state index is 12.5. The summed E-state index contributed by atoms with van der Waals surface area (Å²) in [4.78, 5) is 10.8. The van der Waals surface area contributed by atoms with E-state index in [4.69, 9.17) is 10.2 Å². The second-order valence-electron chi connectivity index (χ2n) is 4.81. The highest BCUT2D eigenvalue weighted by atomic mass is 32.2. The van der Waals surface area contributed by atoms with Crippen molar-refractivity contribution < 1.29 is 23.4 Å². The van der Waals surface area contributed by atoms with Crippen LogP contribution in [0.4, 0.5) is 0 Å².